The SMILES string of the molecule is Cc1cc(C)cc(C2OC[C@H]3O[C@@H](n4cc(F)c(=O)[nH]c4=O)C[C@@H]3O2)c1. The molecule has 2 aliphatic rings. The van der Waals surface area contributed by atoms with Gasteiger partial charge in [-0.05, 0) is 13.8 Å². The molecule has 0 bridgehead atoms. The smallest absolute Gasteiger partial charge is 0.330 e. The van der Waals surface area contributed by atoms with E-state index in [0.717, 1.165) is 27.5 Å². The number of hydrogen-bond donors (Lipinski definition) is 1. The molecule has 26 heavy (non-hydrogen) atoms. The summed E-state index contributed by atoms with van der Waals surface area (Å²) in [6.07, 6.45) is -0.649. The first kappa shape index (κ1) is 17.1. The Labute approximate surface area is 148 Å². The lowest BCUT2D eigenvalue weighted by Gasteiger charge is -2.31. The van der Waals surface area contributed by atoms with Crippen molar-refractivity contribution in [1.82, 2.24) is 9.55 Å². The second-order valence-electron chi connectivity index (χ2n) is 6.77. The van der Waals surface area contributed by atoms with Crippen LogP contribution in [0.1, 0.15) is 35.6 Å². The van der Waals surface area contributed by atoms with Crippen LogP contribution in [-0.4, -0.2) is 28.4 Å². The van der Waals surface area contributed by atoms with Crippen LogP contribution in [0.2, 0.25) is 0 Å². The Kier molecular flexibility index (Phi) is 4.26. The topological polar surface area (TPSA) is 82.5 Å². The van der Waals surface area contributed by atoms with Crippen LogP contribution in [-0.2, 0) is 14.2 Å². The average molecular weight is 362 g/mol. The second-order valence-corrected chi connectivity index (χ2v) is 6.77. The van der Waals surface area contributed by atoms with Gasteiger partial charge >= 0.3 is 5.69 Å². The van der Waals surface area contributed by atoms with Crippen molar-refractivity contribution in [1.29, 1.82) is 0 Å². The lowest BCUT2D eigenvalue weighted by atomic mass is 10.1. The molecule has 0 amide bonds. The summed E-state index contributed by atoms with van der Waals surface area (Å²) in [7, 11) is 0. The summed E-state index contributed by atoms with van der Waals surface area (Å²) in [6.45, 7) is 4.32. The zero-order valence-electron chi connectivity index (χ0n) is 14.4. The summed E-state index contributed by atoms with van der Waals surface area (Å²) in [5.74, 6) is -1.03. The highest BCUT2D eigenvalue weighted by Gasteiger charge is 2.43. The van der Waals surface area contributed by atoms with Crippen LogP contribution in [0, 0.1) is 19.7 Å². The third-order valence-corrected chi connectivity index (χ3v) is 4.64. The third kappa shape index (κ3) is 3.11. The Bertz CT molecular complexity index is 933. The molecule has 1 aromatic carbocycles. The molecule has 3 heterocycles. The van der Waals surface area contributed by atoms with Crippen molar-refractivity contribution in [2.45, 2.75) is 45.0 Å². The second kappa shape index (κ2) is 6.46. The van der Waals surface area contributed by atoms with E-state index in [2.05, 4.69) is 6.07 Å². The number of rotatable bonds is 2. The van der Waals surface area contributed by atoms with Gasteiger partial charge in [0.05, 0.1) is 18.9 Å². The van der Waals surface area contributed by atoms with Crippen LogP contribution in [0.4, 0.5) is 4.39 Å². The van der Waals surface area contributed by atoms with E-state index in [1.54, 1.807) is 0 Å². The molecule has 2 aliphatic heterocycles. The highest BCUT2D eigenvalue weighted by atomic mass is 19.1. The molecule has 2 fully saturated rings. The molecule has 0 radical (unpaired) electrons. The molecule has 4 atom stereocenters. The Balaban J connectivity index is 1.54. The first-order chi connectivity index (χ1) is 12.4. The van der Waals surface area contributed by atoms with Gasteiger partial charge in [0.2, 0.25) is 5.82 Å². The molecule has 4 rings (SSSR count). The molecule has 1 N–H and O–H groups in total. The van der Waals surface area contributed by atoms with Crippen molar-refractivity contribution < 1.29 is 18.6 Å². The van der Waals surface area contributed by atoms with E-state index in [1.165, 1.54) is 0 Å². The molecule has 2 saturated heterocycles. The van der Waals surface area contributed by atoms with Crippen molar-refractivity contribution >= 4 is 0 Å². The third-order valence-electron chi connectivity index (χ3n) is 4.64. The van der Waals surface area contributed by atoms with Crippen molar-refractivity contribution in [3.63, 3.8) is 0 Å². The maximum Gasteiger partial charge on any atom is 0.330 e. The quantitative estimate of drug-likeness (QED) is 0.879. The fourth-order valence-electron chi connectivity index (χ4n) is 3.54. The van der Waals surface area contributed by atoms with E-state index in [0.29, 0.717) is 13.0 Å². The van der Waals surface area contributed by atoms with Gasteiger partial charge in [-0.1, -0.05) is 29.3 Å². The van der Waals surface area contributed by atoms with Crippen LogP contribution in [0.15, 0.2) is 34.0 Å². The van der Waals surface area contributed by atoms with Gasteiger partial charge in [-0.2, -0.15) is 4.39 Å². The average Bonchev–Trinajstić information content (AvgIpc) is 3.00. The number of fused-ring (bicyclic) bond motifs is 1. The molecule has 0 saturated carbocycles. The minimum atomic E-state index is -1.05. The number of ether oxygens (including phenoxy) is 3. The minimum Gasteiger partial charge on any atom is -0.349 e. The summed E-state index contributed by atoms with van der Waals surface area (Å²) < 4.78 is 32.2. The zero-order valence-corrected chi connectivity index (χ0v) is 14.4. The lowest BCUT2D eigenvalue weighted by Crippen LogP contribution is -2.37. The highest BCUT2D eigenvalue weighted by Crippen LogP contribution is 2.38. The molecular weight excluding hydrogens is 343 g/mol. The summed E-state index contributed by atoms with van der Waals surface area (Å²) >= 11 is 0. The number of H-pyrrole nitrogens is 1. The normalized spacial score (nSPS) is 28.1. The molecular formula is C18H19FN2O5. The van der Waals surface area contributed by atoms with E-state index in [1.807, 2.05) is 31.0 Å². The Morgan fingerprint density at radius 2 is 1.85 bits per heavy atom. The van der Waals surface area contributed by atoms with Crippen molar-refractivity contribution in [2.75, 3.05) is 6.61 Å². The van der Waals surface area contributed by atoms with E-state index in [-0.39, 0.29) is 12.2 Å². The Morgan fingerprint density at radius 3 is 2.58 bits per heavy atom. The molecule has 0 spiro atoms. The van der Waals surface area contributed by atoms with Gasteiger partial charge in [0.15, 0.2) is 6.29 Å². The number of aryl methyl sites for hydroxylation is 2. The zero-order chi connectivity index (χ0) is 18.4. The first-order valence-electron chi connectivity index (χ1n) is 8.42. The van der Waals surface area contributed by atoms with Gasteiger partial charge in [-0.25, -0.2) is 4.79 Å². The van der Waals surface area contributed by atoms with Crippen LogP contribution >= 0.6 is 0 Å². The predicted octanol–water partition coefficient (Wildman–Crippen LogP) is 1.69. The fraction of sp³-hybridized carbons (Fsp3) is 0.444. The standard InChI is InChI=1S/C18H19FN2O5/c1-9-3-10(2)5-11(4-9)17-24-8-14-13(26-17)6-15(25-14)21-7-12(19)16(22)20-18(21)23/h3-5,7,13-15,17H,6,8H2,1-2H3,(H,20,22,23)/t13-,14+,15+,17?/m0/s1. The number of halogens is 1. The molecule has 0 aliphatic carbocycles. The first-order valence-corrected chi connectivity index (χ1v) is 8.42. The summed E-state index contributed by atoms with van der Waals surface area (Å²) in [5.41, 5.74) is 1.40. The molecule has 8 heteroatoms. The van der Waals surface area contributed by atoms with E-state index >= 15 is 0 Å². The van der Waals surface area contributed by atoms with Gasteiger partial charge < -0.3 is 14.2 Å². The minimum absolute atomic E-state index is 0.290. The summed E-state index contributed by atoms with van der Waals surface area (Å²) in [4.78, 5) is 25.1. The molecule has 7 nitrogen and oxygen atoms in total. The molecule has 1 unspecified atom stereocenters. The van der Waals surface area contributed by atoms with E-state index in [4.69, 9.17) is 14.2 Å². The predicted molar refractivity (Wildman–Crippen MR) is 89.3 cm³/mol. The Hall–Kier alpha value is -2.29. The molecule has 138 valence electrons. The monoisotopic (exact) mass is 362 g/mol. The van der Waals surface area contributed by atoms with Crippen LogP contribution in [0.5, 0.6) is 0 Å². The lowest BCUT2D eigenvalue weighted by molar-refractivity contribution is -0.245. The van der Waals surface area contributed by atoms with Gasteiger partial charge in [0.1, 0.15) is 12.3 Å². The largest absolute Gasteiger partial charge is 0.349 e. The van der Waals surface area contributed by atoms with Crippen molar-refractivity contribution in [2.24, 2.45) is 0 Å². The van der Waals surface area contributed by atoms with E-state index < -0.39 is 29.6 Å². The maximum atomic E-state index is 13.5. The number of nitrogens with one attached hydrogen (secondary N) is 1. The maximum absolute atomic E-state index is 13.5. The summed E-state index contributed by atoms with van der Waals surface area (Å²) in [6, 6.07) is 6.08. The highest BCUT2D eigenvalue weighted by molar-refractivity contribution is 5.29. The van der Waals surface area contributed by atoms with Gasteiger partial charge in [-0.15, -0.1) is 0 Å². The van der Waals surface area contributed by atoms with Crippen molar-refractivity contribution in [3.8, 4) is 0 Å². The summed E-state index contributed by atoms with van der Waals surface area (Å²) in [5, 5.41) is 0. The van der Waals surface area contributed by atoms with Gasteiger partial charge in [0, 0.05) is 12.0 Å². The number of aromatic nitrogens is 2. The number of benzene rings is 1. The number of nitrogens with zero attached hydrogens (tertiary/aromatic N) is 1. The fourth-order valence-corrected chi connectivity index (χ4v) is 3.54. The van der Waals surface area contributed by atoms with Crippen LogP contribution in [0.25, 0.3) is 0 Å². The Morgan fingerprint density at radius 1 is 1.12 bits per heavy atom. The van der Waals surface area contributed by atoms with Gasteiger partial charge in [0.25, 0.3) is 5.56 Å². The molecule has 2 aromatic rings. The molecule has 1 aromatic heterocycles. The van der Waals surface area contributed by atoms with E-state index in [9.17, 15) is 14.0 Å². The van der Waals surface area contributed by atoms with Crippen LogP contribution < -0.4 is 11.2 Å². The number of hydrogen-bond acceptors (Lipinski definition) is 5. The van der Waals surface area contributed by atoms with Crippen LogP contribution in [0.3, 0.4) is 0 Å². The van der Waals surface area contributed by atoms with Crippen molar-refractivity contribution in [3.05, 3.63) is 67.7 Å². The van der Waals surface area contributed by atoms with Gasteiger partial charge in [-0.3, -0.25) is 14.3 Å². The number of aromatic amines is 1.